The number of esters is 1. The van der Waals surface area contributed by atoms with Crippen LogP contribution in [0.1, 0.15) is 45.8 Å². The molecular formula is C17H25F2N3O5. The molecular weight excluding hydrogens is 364 g/mol. The number of hydrogen-bond acceptors (Lipinski definition) is 7. The number of anilines is 1. The van der Waals surface area contributed by atoms with Crippen LogP contribution in [0.25, 0.3) is 0 Å². The molecule has 152 valence electrons. The molecule has 1 aliphatic heterocycles. The lowest BCUT2D eigenvalue weighted by atomic mass is 10.0. The number of carbonyl (C=O) groups is 1. The molecule has 0 amide bonds. The Labute approximate surface area is 155 Å². The largest absolute Gasteiger partial charge is 0.463 e. The average molecular weight is 389 g/mol. The van der Waals surface area contributed by atoms with E-state index in [-0.39, 0.29) is 11.7 Å². The van der Waals surface area contributed by atoms with Crippen molar-refractivity contribution in [3.8, 4) is 0 Å². The molecule has 1 aromatic rings. The number of carbonyl (C=O) groups excluding carboxylic acids is 1. The first-order valence-corrected chi connectivity index (χ1v) is 8.91. The molecule has 0 saturated carbocycles. The van der Waals surface area contributed by atoms with Crippen LogP contribution in [0.2, 0.25) is 0 Å². The third-order valence-corrected chi connectivity index (χ3v) is 4.52. The number of halogens is 2. The smallest absolute Gasteiger partial charge is 0.351 e. The zero-order chi connectivity index (χ0) is 20.2. The van der Waals surface area contributed by atoms with E-state index in [1.54, 1.807) is 6.92 Å². The first-order chi connectivity index (χ1) is 12.7. The summed E-state index contributed by atoms with van der Waals surface area (Å²) in [4.78, 5) is 27.2. The Balaban J connectivity index is 2.01. The summed E-state index contributed by atoms with van der Waals surface area (Å²) in [5.41, 5.74) is 4.31. The molecule has 1 saturated heterocycles. The summed E-state index contributed by atoms with van der Waals surface area (Å²) in [6.07, 6.45) is -1.27. The molecule has 3 N–H and O–H groups in total. The Bertz CT molecular complexity index is 712. The number of aromatic nitrogens is 2. The quantitative estimate of drug-likeness (QED) is 0.511. The van der Waals surface area contributed by atoms with Crippen LogP contribution in [-0.2, 0) is 14.3 Å². The molecule has 2 unspecified atom stereocenters. The molecule has 1 aromatic heterocycles. The van der Waals surface area contributed by atoms with Crippen molar-refractivity contribution in [3.05, 3.63) is 22.7 Å². The number of nitrogens with two attached hydrogens (primary N) is 1. The van der Waals surface area contributed by atoms with Gasteiger partial charge in [-0.05, 0) is 12.5 Å². The fraction of sp³-hybridized carbons (Fsp3) is 0.706. The van der Waals surface area contributed by atoms with Gasteiger partial charge in [-0.3, -0.25) is 9.36 Å². The van der Waals surface area contributed by atoms with Crippen LogP contribution in [0.5, 0.6) is 0 Å². The van der Waals surface area contributed by atoms with Crippen LogP contribution in [0.3, 0.4) is 0 Å². The third kappa shape index (κ3) is 4.81. The number of nitrogen functional groups attached to an aromatic ring is 1. The number of hydrogen-bond donors (Lipinski definition) is 2. The van der Waals surface area contributed by atoms with Crippen LogP contribution < -0.4 is 11.4 Å². The lowest BCUT2D eigenvalue weighted by Gasteiger charge is -2.20. The number of aliphatic hydroxyl groups is 1. The number of aliphatic hydroxyl groups excluding tert-OH is 1. The van der Waals surface area contributed by atoms with Gasteiger partial charge in [0.15, 0.2) is 6.10 Å². The monoisotopic (exact) mass is 389 g/mol. The maximum atomic E-state index is 14.4. The van der Waals surface area contributed by atoms with Crippen LogP contribution in [0, 0.1) is 5.92 Å². The van der Waals surface area contributed by atoms with Crippen molar-refractivity contribution in [3.63, 3.8) is 0 Å². The molecule has 0 radical (unpaired) electrons. The lowest BCUT2D eigenvalue weighted by molar-refractivity contribution is -0.154. The molecule has 0 aliphatic carbocycles. The summed E-state index contributed by atoms with van der Waals surface area (Å²) in [5, 5.41) is 9.89. The van der Waals surface area contributed by atoms with E-state index in [0.717, 1.165) is 25.5 Å². The van der Waals surface area contributed by atoms with E-state index in [1.165, 1.54) is 6.07 Å². The first kappa shape index (κ1) is 21.2. The van der Waals surface area contributed by atoms with Crippen molar-refractivity contribution in [2.75, 3.05) is 12.3 Å². The van der Waals surface area contributed by atoms with Gasteiger partial charge in [0, 0.05) is 6.20 Å². The Kier molecular flexibility index (Phi) is 6.88. The molecule has 1 aliphatic rings. The zero-order valence-corrected chi connectivity index (χ0v) is 15.3. The van der Waals surface area contributed by atoms with E-state index >= 15 is 0 Å². The van der Waals surface area contributed by atoms with Crippen LogP contribution >= 0.6 is 0 Å². The lowest BCUT2D eigenvalue weighted by Crippen LogP contribution is -2.42. The van der Waals surface area contributed by atoms with Gasteiger partial charge in [-0.2, -0.15) is 13.8 Å². The second-order valence-electron chi connectivity index (χ2n) is 6.72. The summed E-state index contributed by atoms with van der Waals surface area (Å²) < 4.78 is 39.5. The van der Waals surface area contributed by atoms with Crippen molar-refractivity contribution in [1.82, 2.24) is 9.55 Å². The van der Waals surface area contributed by atoms with Crippen LogP contribution in [-0.4, -0.2) is 45.4 Å². The maximum absolute atomic E-state index is 14.4. The third-order valence-electron chi connectivity index (χ3n) is 4.52. The standard InChI is InChI=1S/C17H25F2N3O5/c1-3-4-5-6-10(2)14(24)26-9-11-13(23)17(18,19)15(27-11)22-8-7-12(20)21-16(22)25/h7-8,10-11,13,15,23H,3-6,9H2,1-2H3,(H2,20,21,25)/t10?,11-,13?,15-/m1/s1. The van der Waals surface area contributed by atoms with Crippen molar-refractivity contribution >= 4 is 11.8 Å². The van der Waals surface area contributed by atoms with Gasteiger partial charge in [0.25, 0.3) is 0 Å². The highest BCUT2D eigenvalue weighted by Crippen LogP contribution is 2.42. The molecule has 2 heterocycles. The Hall–Kier alpha value is -2.07. The summed E-state index contributed by atoms with van der Waals surface area (Å²) in [5.74, 6) is -4.82. The number of unbranched alkanes of at least 4 members (excludes halogenated alkanes) is 2. The van der Waals surface area contributed by atoms with Crippen LogP contribution in [0.4, 0.5) is 14.6 Å². The summed E-state index contributed by atoms with van der Waals surface area (Å²) >= 11 is 0. The maximum Gasteiger partial charge on any atom is 0.351 e. The molecule has 1 fully saturated rings. The summed E-state index contributed by atoms with van der Waals surface area (Å²) in [6.45, 7) is 3.20. The van der Waals surface area contributed by atoms with Crippen molar-refractivity contribution in [1.29, 1.82) is 0 Å². The predicted octanol–water partition coefficient (Wildman–Crippen LogP) is 1.48. The SMILES string of the molecule is CCCCCC(C)C(=O)OC[C@H]1O[C@@H](n2ccc(N)nc2=O)C(F)(F)C1O. The van der Waals surface area contributed by atoms with Gasteiger partial charge in [-0.15, -0.1) is 0 Å². The first-order valence-electron chi connectivity index (χ1n) is 8.91. The van der Waals surface area contributed by atoms with Crippen molar-refractivity contribution < 1.29 is 28.2 Å². The normalized spacial score (nSPS) is 25.3. The number of nitrogens with zero attached hydrogens (tertiary/aromatic N) is 2. The fourth-order valence-corrected chi connectivity index (χ4v) is 2.84. The molecule has 0 bridgehead atoms. The minimum absolute atomic E-state index is 0.124. The van der Waals surface area contributed by atoms with Gasteiger partial charge in [0.05, 0.1) is 5.92 Å². The van der Waals surface area contributed by atoms with E-state index in [9.17, 15) is 23.5 Å². The summed E-state index contributed by atoms with van der Waals surface area (Å²) in [7, 11) is 0. The molecule has 0 spiro atoms. The number of rotatable bonds is 8. The number of ether oxygens (including phenoxy) is 2. The Morgan fingerprint density at radius 3 is 2.85 bits per heavy atom. The van der Waals surface area contributed by atoms with Crippen molar-refractivity contribution in [2.45, 2.75) is 63.9 Å². The minimum atomic E-state index is -3.77. The molecule has 4 atom stereocenters. The van der Waals surface area contributed by atoms with Gasteiger partial charge >= 0.3 is 17.6 Å². The highest BCUT2D eigenvalue weighted by molar-refractivity contribution is 5.71. The zero-order valence-electron chi connectivity index (χ0n) is 15.3. The second kappa shape index (κ2) is 8.75. The summed E-state index contributed by atoms with van der Waals surface area (Å²) in [6, 6.07) is 1.17. The Morgan fingerprint density at radius 1 is 1.52 bits per heavy atom. The average Bonchev–Trinajstić information content (AvgIpc) is 2.83. The molecule has 27 heavy (non-hydrogen) atoms. The fourth-order valence-electron chi connectivity index (χ4n) is 2.84. The van der Waals surface area contributed by atoms with E-state index in [1.807, 2.05) is 6.92 Å². The molecule has 2 rings (SSSR count). The molecule has 10 heteroatoms. The number of alkyl halides is 2. The van der Waals surface area contributed by atoms with Gasteiger partial charge in [-0.1, -0.05) is 33.1 Å². The molecule has 8 nitrogen and oxygen atoms in total. The van der Waals surface area contributed by atoms with E-state index in [0.29, 0.717) is 11.0 Å². The Morgan fingerprint density at radius 2 is 2.22 bits per heavy atom. The highest BCUT2D eigenvalue weighted by Gasteiger charge is 2.60. The van der Waals surface area contributed by atoms with Gasteiger partial charge in [0.1, 0.15) is 18.5 Å². The van der Waals surface area contributed by atoms with Gasteiger partial charge in [-0.25, -0.2) is 4.79 Å². The molecule has 0 aromatic carbocycles. The van der Waals surface area contributed by atoms with Crippen molar-refractivity contribution in [2.24, 2.45) is 5.92 Å². The predicted molar refractivity (Wildman–Crippen MR) is 92.0 cm³/mol. The topological polar surface area (TPSA) is 117 Å². The van der Waals surface area contributed by atoms with E-state index in [4.69, 9.17) is 15.2 Å². The van der Waals surface area contributed by atoms with Gasteiger partial charge in [0.2, 0.25) is 6.23 Å². The van der Waals surface area contributed by atoms with Gasteiger partial charge < -0.3 is 20.3 Å². The van der Waals surface area contributed by atoms with E-state index < -0.39 is 42.6 Å². The second-order valence-corrected chi connectivity index (χ2v) is 6.72. The highest BCUT2D eigenvalue weighted by atomic mass is 19.3. The van der Waals surface area contributed by atoms with E-state index in [2.05, 4.69) is 4.98 Å². The van der Waals surface area contributed by atoms with Crippen LogP contribution in [0.15, 0.2) is 17.1 Å². The minimum Gasteiger partial charge on any atom is -0.463 e.